The largest absolute Gasteiger partial charge is 0.493 e. The average molecular weight is 423 g/mol. The summed E-state index contributed by atoms with van der Waals surface area (Å²) in [5.74, 6) is 1.13. The van der Waals surface area contributed by atoms with Gasteiger partial charge in [0.05, 0.1) is 14.2 Å². The molecule has 1 heterocycles. The normalized spacial score (nSPS) is 10.8. The number of nitrogens with zero attached hydrogens (tertiary/aromatic N) is 2. The van der Waals surface area contributed by atoms with Gasteiger partial charge in [-0.2, -0.15) is 0 Å². The molecule has 6 heteroatoms. The maximum absolute atomic E-state index is 13.0. The van der Waals surface area contributed by atoms with Crippen molar-refractivity contribution in [1.29, 1.82) is 0 Å². The number of ether oxygens (including phenoxy) is 2. The lowest BCUT2D eigenvalue weighted by Gasteiger charge is -2.22. The van der Waals surface area contributed by atoms with Gasteiger partial charge in [-0.3, -0.25) is 9.78 Å². The molecule has 0 saturated heterocycles. The van der Waals surface area contributed by atoms with Gasteiger partial charge in [-0.15, -0.1) is 0 Å². The van der Waals surface area contributed by atoms with E-state index < -0.39 is 0 Å². The van der Waals surface area contributed by atoms with Crippen LogP contribution in [-0.2, 0) is 17.9 Å². The monoisotopic (exact) mass is 422 g/mol. The fraction of sp³-hybridized carbons (Fsp3) is 0.167. The highest BCUT2D eigenvalue weighted by molar-refractivity contribution is 6.32. The molecule has 0 aliphatic heterocycles. The second kappa shape index (κ2) is 10.5. The number of amides is 1. The molecule has 3 rings (SSSR count). The van der Waals surface area contributed by atoms with E-state index in [1.54, 1.807) is 49.7 Å². The van der Waals surface area contributed by atoms with Crippen LogP contribution >= 0.6 is 11.6 Å². The smallest absolute Gasteiger partial charge is 0.247 e. The molecule has 0 saturated carbocycles. The van der Waals surface area contributed by atoms with Crippen LogP contribution in [0.4, 0.5) is 0 Å². The van der Waals surface area contributed by atoms with Crippen molar-refractivity contribution in [3.8, 4) is 11.5 Å². The third-order valence-electron chi connectivity index (χ3n) is 4.54. The van der Waals surface area contributed by atoms with Gasteiger partial charge >= 0.3 is 0 Å². The van der Waals surface area contributed by atoms with Gasteiger partial charge in [0.15, 0.2) is 11.5 Å². The highest BCUT2D eigenvalue weighted by Gasteiger charge is 2.14. The number of rotatable bonds is 8. The van der Waals surface area contributed by atoms with Crippen LogP contribution in [-0.4, -0.2) is 30.0 Å². The highest BCUT2D eigenvalue weighted by atomic mass is 35.5. The van der Waals surface area contributed by atoms with Gasteiger partial charge in [-0.05, 0) is 47.0 Å². The number of carbonyl (C=O) groups excluding carboxylic acids is 1. The van der Waals surface area contributed by atoms with Crippen LogP contribution in [0.25, 0.3) is 6.08 Å². The summed E-state index contributed by atoms with van der Waals surface area (Å²) in [6.07, 6.45) is 6.74. The summed E-state index contributed by atoms with van der Waals surface area (Å²) in [5, 5.41) is 0.597. The van der Waals surface area contributed by atoms with Crippen molar-refractivity contribution in [3.05, 3.63) is 94.8 Å². The Hall–Kier alpha value is -3.31. The predicted octanol–water partition coefficient (Wildman–Crippen LogP) is 4.99. The summed E-state index contributed by atoms with van der Waals surface area (Å²) in [5.41, 5.74) is 2.66. The number of hydrogen-bond donors (Lipinski definition) is 0. The highest BCUT2D eigenvalue weighted by Crippen LogP contribution is 2.28. The number of methoxy groups -OCH3 is 2. The number of aromatic nitrogens is 1. The predicted molar refractivity (Wildman–Crippen MR) is 119 cm³/mol. The maximum Gasteiger partial charge on any atom is 0.247 e. The lowest BCUT2D eigenvalue weighted by Crippen LogP contribution is -2.28. The van der Waals surface area contributed by atoms with Crippen LogP contribution in [0.2, 0.25) is 5.02 Å². The number of pyridine rings is 1. The van der Waals surface area contributed by atoms with Crippen LogP contribution in [0.5, 0.6) is 11.5 Å². The standard InChI is InChI=1S/C24H23ClN2O3/c1-29-22-11-9-18(14-23(22)30-2)16-27(17-19-6-5-13-26-15-19)24(28)12-10-20-7-3-4-8-21(20)25/h3-15H,16-17H2,1-2H3/b12-10+. The molecular formula is C24H23ClN2O3. The molecule has 0 bridgehead atoms. The lowest BCUT2D eigenvalue weighted by molar-refractivity contribution is -0.127. The number of benzene rings is 2. The third kappa shape index (κ3) is 5.61. The van der Waals surface area contributed by atoms with E-state index in [9.17, 15) is 4.79 Å². The first-order valence-electron chi connectivity index (χ1n) is 9.42. The first kappa shape index (κ1) is 21.4. The Morgan fingerprint density at radius 2 is 1.77 bits per heavy atom. The zero-order valence-electron chi connectivity index (χ0n) is 16.9. The molecule has 0 radical (unpaired) electrons. The molecule has 0 fully saturated rings. The van der Waals surface area contributed by atoms with Gasteiger partial charge in [0.1, 0.15) is 0 Å². The van der Waals surface area contributed by atoms with E-state index in [1.165, 1.54) is 0 Å². The third-order valence-corrected chi connectivity index (χ3v) is 4.88. The Labute approximate surface area is 181 Å². The number of hydrogen-bond acceptors (Lipinski definition) is 4. The molecule has 1 aromatic heterocycles. The van der Waals surface area contributed by atoms with Crippen molar-refractivity contribution in [2.75, 3.05) is 14.2 Å². The van der Waals surface area contributed by atoms with E-state index in [1.807, 2.05) is 48.5 Å². The molecule has 0 N–H and O–H groups in total. The minimum atomic E-state index is -0.131. The van der Waals surface area contributed by atoms with Crippen LogP contribution in [0, 0.1) is 0 Å². The molecule has 154 valence electrons. The average Bonchev–Trinajstić information content (AvgIpc) is 2.78. The van der Waals surface area contributed by atoms with Crippen LogP contribution < -0.4 is 9.47 Å². The first-order chi connectivity index (χ1) is 14.6. The topological polar surface area (TPSA) is 51.7 Å². The summed E-state index contributed by atoms with van der Waals surface area (Å²) in [4.78, 5) is 18.9. The fourth-order valence-corrected chi connectivity index (χ4v) is 3.20. The summed E-state index contributed by atoms with van der Waals surface area (Å²) < 4.78 is 10.7. The van der Waals surface area contributed by atoms with E-state index in [2.05, 4.69) is 4.98 Å². The summed E-state index contributed by atoms with van der Waals surface area (Å²) >= 11 is 6.20. The van der Waals surface area contributed by atoms with Crippen LogP contribution in [0.15, 0.2) is 73.1 Å². The van der Waals surface area contributed by atoms with E-state index in [4.69, 9.17) is 21.1 Å². The van der Waals surface area contributed by atoms with E-state index >= 15 is 0 Å². The zero-order valence-corrected chi connectivity index (χ0v) is 17.7. The van der Waals surface area contributed by atoms with Crippen molar-refractivity contribution < 1.29 is 14.3 Å². The van der Waals surface area contributed by atoms with Crippen molar-refractivity contribution in [3.63, 3.8) is 0 Å². The maximum atomic E-state index is 13.0. The summed E-state index contributed by atoms with van der Waals surface area (Å²) in [7, 11) is 3.18. The molecule has 1 amide bonds. The van der Waals surface area contributed by atoms with Crippen molar-refractivity contribution in [2.45, 2.75) is 13.1 Å². The SMILES string of the molecule is COc1ccc(CN(Cc2cccnc2)C(=O)/C=C/c2ccccc2Cl)cc1OC. The Morgan fingerprint density at radius 1 is 1.00 bits per heavy atom. The molecule has 0 aliphatic carbocycles. The Bertz CT molecular complexity index is 1020. The van der Waals surface area contributed by atoms with E-state index in [0.29, 0.717) is 29.6 Å². The van der Waals surface area contributed by atoms with E-state index in [0.717, 1.165) is 16.7 Å². The first-order valence-corrected chi connectivity index (χ1v) is 9.80. The number of halogens is 1. The molecule has 0 spiro atoms. The molecule has 0 aliphatic rings. The minimum absolute atomic E-state index is 0.131. The van der Waals surface area contributed by atoms with Crippen molar-refractivity contribution >= 4 is 23.6 Å². The Morgan fingerprint density at radius 3 is 2.47 bits per heavy atom. The van der Waals surface area contributed by atoms with Gasteiger partial charge in [0.2, 0.25) is 5.91 Å². The molecule has 2 aromatic carbocycles. The quantitative estimate of drug-likeness (QED) is 0.479. The minimum Gasteiger partial charge on any atom is -0.493 e. The van der Waals surface area contributed by atoms with Crippen molar-refractivity contribution in [2.24, 2.45) is 0 Å². The molecule has 0 atom stereocenters. The lowest BCUT2D eigenvalue weighted by atomic mass is 10.1. The van der Waals surface area contributed by atoms with Gasteiger partial charge in [-0.1, -0.05) is 41.9 Å². The Balaban J connectivity index is 1.84. The molecule has 30 heavy (non-hydrogen) atoms. The zero-order chi connectivity index (χ0) is 21.3. The molecule has 5 nitrogen and oxygen atoms in total. The van der Waals surface area contributed by atoms with Gasteiger partial charge in [0.25, 0.3) is 0 Å². The van der Waals surface area contributed by atoms with Crippen molar-refractivity contribution in [1.82, 2.24) is 9.88 Å². The summed E-state index contributed by atoms with van der Waals surface area (Å²) in [6.45, 7) is 0.828. The van der Waals surface area contributed by atoms with E-state index in [-0.39, 0.29) is 5.91 Å². The van der Waals surface area contributed by atoms with Gasteiger partial charge in [0, 0.05) is 36.6 Å². The fourth-order valence-electron chi connectivity index (χ4n) is 3.00. The second-order valence-electron chi connectivity index (χ2n) is 6.60. The van der Waals surface area contributed by atoms with Crippen LogP contribution in [0.1, 0.15) is 16.7 Å². The molecule has 3 aromatic rings. The van der Waals surface area contributed by atoms with Crippen LogP contribution in [0.3, 0.4) is 0 Å². The summed E-state index contributed by atoms with van der Waals surface area (Å²) in [6, 6.07) is 16.8. The molecular weight excluding hydrogens is 400 g/mol. The molecule has 0 unspecified atom stereocenters. The van der Waals surface area contributed by atoms with Gasteiger partial charge < -0.3 is 14.4 Å². The second-order valence-corrected chi connectivity index (χ2v) is 7.01. The number of carbonyl (C=O) groups is 1. The Kier molecular flexibility index (Phi) is 7.46. The van der Waals surface area contributed by atoms with Gasteiger partial charge in [-0.25, -0.2) is 0 Å².